The summed E-state index contributed by atoms with van der Waals surface area (Å²) in [6.07, 6.45) is 8.05. The highest BCUT2D eigenvalue weighted by Gasteiger charge is 2.21. The van der Waals surface area contributed by atoms with Gasteiger partial charge in [-0.15, -0.1) is 0 Å². The van der Waals surface area contributed by atoms with Gasteiger partial charge in [-0.05, 0) is 24.7 Å². The van der Waals surface area contributed by atoms with E-state index in [9.17, 15) is 4.79 Å². The number of carbonyl (C=O) groups is 1. The standard InChI is InChI=1S/C15H30N2O/c1-4-5-6-9-15(2,3)12-17-13-8-7-10-16-14(18)11-13/h13,17H,4-12H2,1-3H3,(H,16,18). The Morgan fingerprint density at radius 3 is 2.89 bits per heavy atom. The van der Waals surface area contributed by atoms with Crippen molar-refractivity contribution in [2.24, 2.45) is 5.41 Å². The number of unbranched alkanes of at least 4 members (excludes halogenated alkanes) is 2. The summed E-state index contributed by atoms with van der Waals surface area (Å²) in [6.45, 7) is 8.76. The largest absolute Gasteiger partial charge is 0.356 e. The zero-order valence-electron chi connectivity index (χ0n) is 12.3. The van der Waals surface area contributed by atoms with Gasteiger partial charge in [0.1, 0.15) is 0 Å². The first kappa shape index (κ1) is 15.5. The molecule has 0 aromatic carbocycles. The van der Waals surface area contributed by atoms with E-state index in [-0.39, 0.29) is 5.91 Å². The molecule has 1 amide bonds. The molecule has 1 rings (SSSR count). The molecule has 0 aliphatic carbocycles. The molecule has 1 atom stereocenters. The van der Waals surface area contributed by atoms with Crippen LogP contribution in [0.4, 0.5) is 0 Å². The van der Waals surface area contributed by atoms with Crippen LogP contribution < -0.4 is 10.6 Å². The lowest BCUT2D eigenvalue weighted by molar-refractivity contribution is -0.121. The molecule has 1 heterocycles. The Morgan fingerprint density at radius 1 is 1.39 bits per heavy atom. The maximum atomic E-state index is 11.5. The smallest absolute Gasteiger partial charge is 0.221 e. The maximum Gasteiger partial charge on any atom is 0.221 e. The lowest BCUT2D eigenvalue weighted by Crippen LogP contribution is -2.38. The molecule has 0 radical (unpaired) electrons. The molecular formula is C15H30N2O. The lowest BCUT2D eigenvalue weighted by Gasteiger charge is -2.28. The Balaban J connectivity index is 2.26. The fourth-order valence-electron chi connectivity index (χ4n) is 2.51. The van der Waals surface area contributed by atoms with Crippen molar-refractivity contribution in [3.63, 3.8) is 0 Å². The van der Waals surface area contributed by atoms with Crippen molar-refractivity contribution < 1.29 is 4.79 Å². The van der Waals surface area contributed by atoms with E-state index in [0.717, 1.165) is 25.9 Å². The molecule has 18 heavy (non-hydrogen) atoms. The van der Waals surface area contributed by atoms with Gasteiger partial charge < -0.3 is 10.6 Å². The first-order chi connectivity index (χ1) is 8.53. The topological polar surface area (TPSA) is 41.1 Å². The first-order valence-electron chi connectivity index (χ1n) is 7.53. The van der Waals surface area contributed by atoms with Crippen molar-refractivity contribution in [1.29, 1.82) is 0 Å². The highest BCUT2D eigenvalue weighted by atomic mass is 16.1. The predicted octanol–water partition coefficient (Wildman–Crippen LogP) is 2.85. The summed E-state index contributed by atoms with van der Waals surface area (Å²) in [7, 11) is 0. The Morgan fingerprint density at radius 2 is 2.17 bits per heavy atom. The van der Waals surface area contributed by atoms with Crippen LogP contribution in [-0.4, -0.2) is 25.0 Å². The summed E-state index contributed by atoms with van der Waals surface area (Å²) in [5.41, 5.74) is 0.345. The van der Waals surface area contributed by atoms with Crippen LogP contribution in [0.1, 0.15) is 65.7 Å². The second-order valence-electron chi connectivity index (χ2n) is 6.40. The molecule has 0 spiro atoms. The minimum atomic E-state index is 0.203. The van der Waals surface area contributed by atoms with Gasteiger partial charge in [-0.1, -0.05) is 40.0 Å². The third-order valence-electron chi connectivity index (χ3n) is 3.81. The summed E-state index contributed by atoms with van der Waals surface area (Å²) < 4.78 is 0. The molecule has 3 heteroatoms. The highest BCUT2D eigenvalue weighted by Crippen LogP contribution is 2.23. The number of amides is 1. The molecule has 0 aromatic rings. The summed E-state index contributed by atoms with van der Waals surface area (Å²) in [6, 6.07) is 0.373. The van der Waals surface area contributed by atoms with Gasteiger partial charge in [0, 0.05) is 25.6 Å². The number of nitrogens with one attached hydrogen (secondary N) is 2. The van der Waals surface area contributed by atoms with Crippen molar-refractivity contribution in [3.8, 4) is 0 Å². The summed E-state index contributed by atoms with van der Waals surface area (Å²) in [5.74, 6) is 0.203. The molecule has 0 saturated carbocycles. The Bertz CT molecular complexity index is 251. The number of hydrogen-bond acceptors (Lipinski definition) is 2. The van der Waals surface area contributed by atoms with Crippen LogP contribution >= 0.6 is 0 Å². The molecule has 1 aliphatic heterocycles. The monoisotopic (exact) mass is 254 g/mol. The zero-order valence-corrected chi connectivity index (χ0v) is 12.3. The molecule has 1 fully saturated rings. The SMILES string of the molecule is CCCCCC(C)(C)CNC1CCCNC(=O)C1. The second kappa shape index (κ2) is 7.78. The number of rotatable bonds is 7. The summed E-state index contributed by atoms with van der Waals surface area (Å²) >= 11 is 0. The van der Waals surface area contributed by atoms with E-state index < -0.39 is 0 Å². The van der Waals surface area contributed by atoms with E-state index in [1.54, 1.807) is 0 Å². The van der Waals surface area contributed by atoms with Gasteiger partial charge in [0.15, 0.2) is 0 Å². The van der Waals surface area contributed by atoms with Crippen LogP contribution in [0.3, 0.4) is 0 Å². The number of carbonyl (C=O) groups excluding carboxylic acids is 1. The van der Waals surface area contributed by atoms with Crippen molar-refractivity contribution in [2.75, 3.05) is 13.1 Å². The Kier molecular flexibility index (Phi) is 6.69. The first-order valence-corrected chi connectivity index (χ1v) is 7.53. The van der Waals surface area contributed by atoms with Crippen LogP contribution in [0.2, 0.25) is 0 Å². The Labute approximate surface area is 112 Å². The molecule has 0 bridgehead atoms. The maximum absolute atomic E-state index is 11.5. The van der Waals surface area contributed by atoms with E-state index in [4.69, 9.17) is 0 Å². The fraction of sp³-hybridized carbons (Fsp3) is 0.933. The molecule has 2 N–H and O–H groups in total. The van der Waals surface area contributed by atoms with Crippen LogP contribution in [0.5, 0.6) is 0 Å². The van der Waals surface area contributed by atoms with Gasteiger partial charge in [-0.3, -0.25) is 4.79 Å². The van der Waals surface area contributed by atoms with Crippen LogP contribution in [-0.2, 0) is 4.79 Å². The van der Waals surface area contributed by atoms with Crippen molar-refractivity contribution in [2.45, 2.75) is 71.8 Å². The van der Waals surface area contributed by atoms with E-state index in [1.165, 1.54) is 25.7 Å². The highest BCUT2D eigenvalue weighted by molar-refractivity contribution is 5.76. The third kappa shape index (κ3) is 6.39. The van der Waals surface area contributed by atoms with E-state index in [0.29, 0.717) is 17.9 Å². The average molecular weight is 254 g/mol. The van der Waals surface area contributed by atoms with Crippen molar-refractivity contribution in [3.05, 3.63) is 0 Å². The fourth-order valence-corrected chi connectivity index (χ4v) is 2.51. The van der Waals surface area contributed by atoms with Crippen molar-refractivity contribution in [1.82, 2.24) is 10.6 Å². The summed E-state index contributed by atoms with van der Waals surface area (Å²) in [4.78, 5) is 11.5. The van der Waals surface area contributed by atoms with Gasteiger partial charge in [-0.25, -0.2) is 0 Å². The van der Waals surface area contributed by atoms with E-state index in [1.807, 2.05) is 0 Å². The molecule has 0 aromatic heterocycles. The lowest BCUT2D eigenvalue weighted by atomic mass is 9.86. The quantitative estimate of drug-likeness (QED) is 0.686. The minimum Gasteiger partial charge on any atom is -0.356 e. The van der Waals surface area contributed by atoms with Crippen LogP contribution in [0.25, 0.3) is 0 Å². The van der Waals surface area contributed by atoms with E-state index >= 15 is 0 Å². The van der Waals surface area contributed by atoms with Gasteiger partial charge in [0.2, 0.25) is 5.91 Å². The van der Waals surface area contributed by atoms with Crippen LogP contribution in [0.15, 0.2) is 0 Å². The van der Waals surface area contributed by atoms with E-state index in [2.05, 4.69) is 31.4 Å². The zero-order chi connectivity index (χ0) is 13.4. The number of hydrogen-bond donors (Lipinski definition) is 2. The average Bonchev–Trinajstić information content (AvgIpc) is 2.51. The normalized spacial score (nSPS) is 21.5. The molecular weight excluding hydrogens is 224 g/mol. The third-order valence-corrected chi connectivity index (χ3v) is 3.81. The predicted molar refractivity (Wildman–Crippen MR) is 76.6 cm³/mol. The molecule has 1 unspecified atom stereocenters. The van der Waals surface area contributed by atoms with Gasteiger partial charge in [0.25, 0.3) is 0 Å². The van der Waals surface area contributed by atoms with Crippen molar-refractivity contribution >= 4 is 5.91 Å². The van der Waals surface area contributed by atoms with Gasteiger partial charge in [0.05, 0.1) is 0 Å². The molecule has 3 nitrogen and oxygen atoms in total. The van der Waals surface area contributed by atoms with Gasteiger partial charge in [-0.2, -0.15) is 0 Å². The van der Waals surface area contributed by atoms with Gasteiger partial charge >= 0.3 is 0 Å². The second-order valence-corrected chi connectivity index (χ2v) is 6.40. The summed E-state index contributed by atoms with van der Waals surface area (Å²) in [5, 5.41) is 6.53. The Hall–Kier alpha value is -0.570. The molecule has 1 aliphatic rings. The minimum absolute atomic E-state index is 0.203. The molecule has 1 saturated heterocycles. The van der Waals surface area contributed by atoms with Crippen LogP contribution in [0, 0.1) is 5.41 Å². The molecule has 106 valence electrons.